The topological polar surface area (TPSA) is 63.8 Å². The van der Waals surface area contributed by atoms with Gasteiger partial charge in [0.25, 0.3) is 0 Å². The van der Waals surface area contributed by atoms with Crippen molar-refractivity contribution >= 4 is 17.8 Å². The summed E-state index contributed by atoms with van der Waals surface area (Å²) < 4.78 is 6.93. The molecule has 0 saturated heterocycles. The molecule has 0 bridgehead atoms. The van der Waals surface area contributed by atoms with Gasteiger partial charge in [0.05, 0.1) is 12.8 Å². The van der Waals surface area contributed by atoms with Gasteiger partial charge in [0, 0.05) is 17.1 Å². The van der Waals surface area contributed by atoms with Crippen molar-refractivity contribution < 1.29 is 14.6 Å². The molecular weight excluding hydrogens is 340 g/mol. The monoisotopic (exact) mass is 364 g/mol. The molecule has 0 atom stereocenters. The number of ether oxygens (including phenoxy) is 1. The predicted molar refractivity (Wildman–Crippen MR) is 107 cm³/mol. The van der Waals surface area contributed by atoms with E-state index in [2.05, 4.69) is 54.6 Å². The molecule has 140 valence electrons. The minimum Gasteiger partial charge on any atom is -0.505 e. The van der Waals surface area contributed by atoms with Crippen LogP contribution in [0.15, 0.2) is 46.3 Å². The van der Waals surface area contributed by atoms with Crippen LogP contribution in [0.3, 0.4) is 0 Å². The third-order valence-corrected chi connectivity index (χ3v) is 4.89. The first-order valence-corrected chi connectivity index (χ1v) is 8.80. The second-order valence-corrected chi connectivity index (χ2v) is 6.89. The van der Waals surface area contributed by atoms with Gasteiger partial charge in [-0.25, -0.2) is 9.79 Å². The Labute approximate surface area is 159 Å². The number of benzene rings is 1. The Balaban J connectivity index is 2.11. The summed E-state index contributed by atoms with van der Waals surface area (Å²) in [6.45, 7) is 9.94. The standard InChI is InChI=1S/C22H24N2O3/c1-12-7-8-13(2)19(9-12)24-14(3)10-17(16(24)5)11-18-21(25)20(15(4)23-18)22(26)27-6/h7-11,25H,1-6H3. The molecule has 0 amide bonds. The summed E-state index contributed by atoms with van der Waals surface area (Å²) in [5.74, 6) is -0.728. The number of carbonyl (C=O) groups excluding carboxylic acids is 1. The number of aliphatic hydroxyl groups excluding tert-OH is 1. The van der Waals surface area contributed by atoms with E-state index in [1.54, 1.807) is 13.0 Å². The summed E-state index contributed by atoms with van der Waals surface area (Å²) in [4.78, 5) is 16.2. The van der Waals surface area contributed by atoms with Crippen LogP contribution in [-0.2, 0) is 9.53 Å². The third kappa shape index (κ3) is 3.21. The van der Waals surface area contributed by atoms with Gasteiger partial charge in [-0.1, -0.05) is 12.1 Å². The number of aryl methyl sites for hydroxylation is 3. The van der Waals surface area contributed by atoms with Crippen LogP contribution in [0.2, 0.25) is 0 Å². The second-order valence-electron chi connectivity index (χ2n) is 6.89. The lowest BCUT2D eigenvalue weighted by Crippen LogP contribution is -2.11. The van der Waals surface area contributed by atoms with Gasteiger partial charge in [-0.15, -0.1) is 0 Å². The Morgan fingerprint density at radius 3 is 2.52 bits per heavy atom. The highest BCUT2D eigenvalue weighted by Crippen LogP contribution is 2.30. The molecule has 0 saturated carbocycles. The van der Waals surface area contributed by atoms with Crippen molar-refractivity contribution in [1.82, 2.24) is 4.57 Å². The van der Waals surface area contributed by atoms with E-state index in [0.717, 1.165) is 22.6 Å². The summed E-state index contributed by atoms with van der Waals surface area (Å²) in [5.41, 5.74) is 7.53. The first-order valence-electron chi connectivity index (χ1n) is 8.80. The van der Waals surface area contributed by atoms with E-state index in [-0.39, 0.29) is 11.3 Å². The molecule has 0 radical (unpaired) electrons. The first kappa shape index (κ1) is 18.7. The molecule has 1 aliphatic rings. The molecule has 1 N–H and O–H groups in total. The molecule has 0 aliphatic carbocycles. The first-order chi connectivity index (χ1) is 12.7. The quantitative estimate of drug-likeness (QED) is 0.815. The summed E-state index contributed by atoms with van der Waals surface area (Å²) in [6, 6.07) is 8.43. The Morgan fingerprint density at radius 1 is 1.15 bits per heavy atom. The number of aliphatic imine (C=N–C) groups is 1. The highest BCUT2D eigenvalue weighted by Gasteiger charge is 2.27. The van der Waals surface area contributed by atoms with E-state index in [1.165, 1.54) is 18.2 Å². The fourth-order valence-corrected chi connectivity index (χ4v) is 3.45. The molecule has 5 nitrogen and oxygen atoms in total. The van der Waals surface area contributed by atoms with Gasteiger partial charge in [0.2, 0.25) is 0 Å². The Morgan fingerprint density at radius 2 is 1.85 bits per heavy atom. The maximum Gasteiger partial charge on any atom is 0.343 e. The Kier molecular flexibility index (Phi) is 4.79. The zero-order valence-corrected chi connectivity index (χ0v) is 16.5. The molecule has 3 rings (SSSR count). The summed E-state index contributed by atoms with van der Waals surface area (Å²) in [7, 11) is 1.29. The van der Waals surface area contributed by atoms with Gasteiger partial charge in [0.1, 0.15) is 11.3 Å². The highest BCUT2D eigenvalue weighted by atomic mass is 16.5. The minimum atomic E-state index is -0.585. The fraction of sp³-hybridized carbons (Fsp3) is 0.273. The maximum absolute atomic E-state index is 11.9. The molecule has 27 heavy (non-hydrogen) atoms. The van der Waals surface area contributed by atoms with Crippen molar-refractivity contribution in [2.45, 2.75) is 34.6 Å². The van der Waals surface area contributed by atoms with Crippen LogP contribution < -0.4 is 0 Å². The zero-order valence-electron chi connectivity index (χ0n) is 16.5. The molecule has 5 heteroatoms. The van der Waals surface area contributed by atoms with Crippen molar-refractivity contribution in [3.05, 3.63) is 69.4 Å². The van der Waals surface area contributed by atoms with Crippen molar-refractivity contribution in [2.24, 2.45) is 4.99 Å². The zero-order chi connectivity index (χ0) is 19.9. The van der Waals surface area contributed by atoms with E-state index in [9.17, 15) is 9.90 Å². The smallest absolute Gasteiger partial charge is 0.343 e. The third-order valence-electron chi connectivity index (χ3n) is 4.89. The van der Waals surface area contributed by atoms with E-state index >= 15 is 0 Å². The number of esters is 1. The van der Waals surface area contributed by atoms with E-state index in [0.29, 0.717) is 11.4 Å². The van der Waals surface area contributed by atoms with Gasteiger partial charge in [-0.2, -0.15) is 0 Å². The molecular formula is C22H24N2O3. The molecule has 1 aromatic heterocycles. The number of methoxy groups -OCH3 is 1. The van der Waals surface area contributed by atoms with Gasteiger partial charge >= 0.3 is 5.97 Å². The number of hydrogen-bond acceptors (Lipinski definition) is 4. The van der Waals surface area contributed by atoms with Crippen LogP contribution in [-0.4, -0.2) is 28.5 Å². The Hall–Kier alpha value is -3.08. The Bertz CT molecular complexity index is 1040. The van der Waals surface area contributed by atoms with Crippen molar-refractivity contribution in [3.8, 4) is 5.69 Å². The number of carbonyl (C=O) groups is 1. The summed E-state index contributed by atoms with van der Waals surface area (Å²) >= 11 is 0. The average Bonchev–Trinajstić information content (AvgIpc) is 3.05. The molecule has 0 fully saturated rings. The molecule has 0 spiro atoms. The lowest BCUT2D eigenvalue weighted by molar-refractivity contribution is -0.135. The minimum absolute atomic E-state index is 0.118. The predicted octanol–water partition coefficient (Wildman–Crippen LogP) is 4.51. The normalized spacial score (nSPS) is 15.5. The summed E-state index contributed by atoms with van der Waals surface area (Å²) in [6.07, 6.45) is 1.80. The number of hydrogen-bond donors (Lipinski definition) is 1. The molecule has 1 aromatic carbocycles. The molecule has 2 heterocycles. The number of rotatable bonds is 3. The lowest BCUT2D eigenvalue weighted by atomic mass is 10.1. The average molecular weight is 364 g/mol. The van der Waals surface area contributed by atoms with E-state index in [1.807, 2.05) is 6.92 Å². The SMILES string of the molecule is COC(=O)C1=C(O)C(=Cc2cc(C)n(-c3cc(C)ccc3C)c2C)N=C1C. The summed E-state index contributed by atoms with van der Waals surface area (Å²) in [5, 5.41) is 10.4. The number of nitrogens with zero attached hydrogens (tertiary/aromatic N) is 2. The molecule has 1 aliphatic heterocycles. The molecule has 0 unspecified atom stereocenters. The van der Waals surface area contributed by atoms with E-state index < -0.39 is 5.97 Å². The second kappa shape index (κ2) is 6.91. The molecule has 2 aromatic rings. The van der Waals surface area contributed by atoms with Gasteiger partial charge in [-0.3, -0.25) is 0 Å². The van der Waals surface area contributed by atoms with Crippen LogP contribution in [0, 0.1) is 27.7 Å². The van der Waals surface area contributed by atoms with Crippen molar-refractivity contribution in [1.29, 1.82) is 0 Å². The van der Waals surface area contributed by atoms with Crippen molar-refractivity contribution in [2.75, 3.05) is 7.11 Å². The fourth-order valence-electron chi connectivity index (χ4n) is 3.45. The number of aliphatic hydroxyl groups is 1. The van der Waals surface area contributed by atoms with Crippen LogP contribution in [0.1, 0.15) is 35.0 Å². The van der Waals surface area contributed by atoms with Crippen molar-refractivity contribution in [3.63, 3.8) is 0 Å². The largest absolute Gasteiger partial charge is 0.505 e. The van der Waals surface area contributed by atoms with Gasteiger partial charge in [0.15, 0.2) is 5.76 Å². The maximum atomic E-state index is 11.9. The van der Waals surface area contributed by atoms with Crippen LogP contribution in [0.5, 0.6) is 0 Å². The van der Waals surface area contributed by atoms with E-state index in [4.69, 9.17) is 4.74 Å². The van der Waals surface area contributed by atoms with Crippen LogP contribution in [0.25, 0.3) is 11.8 Å². The van der Waals surface area contributed by atoms with Crippen LogP contribution in [0.4, 0.5) is 0 Å². The lowest BCUT2D eigenvalue weighted by Gasteiger charge is -2.13. The van der Waals surface area contributed by atoms with Gasteiger partial charge in [-0.05, 0) is 69.5 Å². The van der Waals surface area contributed by atoms with Gasteiger partial charge < -0.3 is 14.4 Å². The van der Waals surface area contributed by atoms with Crippen LogP contribution >= 0.6 is 0 Å². The highest BCUT2D eigenvalue weighted by molar-refractivity contribution is 6.22. The number of aromatic nitrogens is 1.